The highest BCUT2D eigenvalue weighted by molar-refractivity contribution is 7.07. The van der Waals surface area contributed by atoms with Crippen molar-refractivity contribution in [3.63, 3.8) is 0 Å². The van der Waals surface area contributed by atoms with Crippen LogP contribution in [0.25, 0.3) is 17.4 Å². The van der Waals surface area contributed by atoms with E-state index >= 15 is 0 Å². The molecule has 0 saturated heterocycles. The van der Waals surface area contributed by atoms with E-state index in [-0.39, 0.29) is 17.7 Å². The van der Waals surface area contributed by atoms with Crippen LogP contribution in [-0.4, -0.2) is 23.1 Å². The van der Waals surface area contributed by atoms with Crippen LogP contribution in [0.15, 0.2) is 92.2 Å². The van der Waals surface area contributed by atoms with E-state index in [0.29, 0.717) is 37.7 Å². The number of benzene rings is 2. The second-order valence-electron chi connectivity index (χ2n) is 8.25. The Kier molecular flexibility index (Phi) is 6.45. The molecule has 0 amide bonds. The van der Waals surface area contributed by atoms with Crippen molar-refractivity contribution in [2.24, 2.45) is 4.99 Å². The predicted molar refractivity (Wildman–Crippen MR) is 135 cm³/mol. The SMILES string of the molecule is CCOC(=O)C1=C(C)N=c2s/c(=C\c3ccc(-c4ccccc4C(=O)[O-])o3)c(=O)n2[C@H]1c1ccccc1. The Bertz CT molecular complexity index is 1730. The van der Waals surface area contributed by atoms with Gasteiger partial charge in [-0.3, -0.25) is 9.36 Å². The summed E-state index contributed by atoms with van der Waals surface area (Å²) in [6.07, 6.45) is 1.58. The van der Waals surface area contributed by atoms with E-state index in [1.165, 1.54) is 22.0 Å². The fraction of sp³-hybridized carbons (Fsp3) is 0.143. The average Bonchev–Trinajstić information content (AvgIpc) is 3.48. The summed E-state index contributed by atoms with van der Waals surface area (Å²) in [5.41, 5.74) is 1.60. The molecule has 4 aromatic rings. The van der Waals surface area contributed by atoms with E-state index in [0.717, 1.165) is 5.56 Å². The number of nitrogens with zero attached hydrogens (tertiary/aromatic N) is 2. The number of carboxylic acid groups (broad SMARTS) is 1. The van der Waals surface area contributed by atoms with Crippen molar-refractivity contribution in [1.82, 2.24) is 4.57 Å². The number of carbonyl (C=O) groups is 2. The molecule has 0 saturated carbocycles. The number of hydrogen-bond donors (Lipinski definition) is 0. The topological polar surface area (TPSA) is 114 Å². The zero-order valence-electron chi connectivity index (χ0n) is 20.0. The van der Waals surface area contributed by atoms with E-state index in [4.69, 9.17) is 9.15 Å². The highest BCUT2D eigenvalue weighted by Crippen LogP contribution is 2.30. The molecule has 37 heavy (non-hydrogen) atoms. The second-order valence-corrected chi connectivity index (χ2v) is 9.26. The van der Waals surface area contributed by atoms with Crippen LogP contribution in [-0.2, 0) is 9.53 Å². The summed E-state index contributed by atoms with van der Waals surface area (Å²) in [4.78, 5) is 43.0. The Morgan fingerprint density at radius 2 is 1.84 bits per heavy atom. The number of allylic oxidation sites excluding steroid dienone is 1. The van der Waals surface area contributed by atoms with Crippen molar-refractivity contribution in [2.75, 3.05) is 6.61 Å². The van der Waals surface area contributed by atoms with Crippen LogP contribution in [0.1, 0.15) is 41.6 Å². The third-order valence-corrected chi connectivity index (χ3v) is 6.93. The summed E-state index contributed by atoms with van der Waals surface area (Å²) < 4.78 is 13.0. The van der Waals surface area contributed by atoms with E-state index in [1.54, 1.807) is 50.3 Å². The monoisotopic (exact) mass is 513 g/mol. The van der Waals surface area contributed by atoms with Gasteiger partial charge in [-0.05, 0) is 31.5 Å². The number of rotatable bonds is 6. The first-order chi connectivity index (χ1) is 17.9. The maximum Gasteiger partial charge on any atom is 0.338 e. The van der Waals surface area contributed by atoms with Crippen LogP contribution in [0.4, 0.5) is 0 Å². The van der Waals surface area contributed by atoms with Gasteiger partial charge in [0.05, 0.1) is 34.4 Å². The van der Waals surface area contributed by atoms with Gasteiger partial charge < -0.3 is 19.1 Å². The normalized spacial score (nSPS) is 15.3. The summed E-state index contributed by atoms with van der Waals surface area (Å²) in [7, 11) is 0. The smallest absolute Gasteiger partial charge is 0.338 e. The van der Waals surface area contributed by atoms with Crippen LogP contribution in [0.2, 0.25) is 0 Å². The number of aromatic carboxylic acids is 1. The fourth-order valence-electron chi connectivity index (χ4n) is 4.32. The van der Waals surface area contributed by atoms with Gasteiger partial charge in [0.2, 0.25) is 0 Å². The molecule has 2 aromatic heterocycles. The lowest BCUT2D eigenvalue weighted by molar-refractivity contribution is -0.255. The largest absolute Gasteiger partial charge is 0.545 e. The molecule has 0 radical (unpaired) electrons. The van der Waals surface area contributed by atoms with Gasteiger partial charge >= 0.3 is 5.97 Å². The molecule has 1 aliphatic rings. The molecule has 1 atom stereocenters. The molecular formula is C28H21N2O6S-. The molecule has 0 N–H and O–H groups in total. The number of hydrogen-bond acceptors (Lipinski definition) is 8. The predicted octanol–water partition coefficient (Wildman–Crippen LogP) is 2.42. The molecular weight excluding hydrogens is 492 g/mol. The van der Waals surface area contributed by atoms with Crippen LogP contribution in [0.5, 0.6) is 0 Å². The molecule has 9 heteroatoms. The van der Waals surface area contributed by atoms with Crippen LogP contribution in [0.3, 0.4) is 0 Å². The zero-order valence-corrected chi connectivity index (χ0v) is 20.8. The molecule has 0 spiro atoms. The van der Waals surface area contributed by atoms with E-state index in [1.807, 2.05) is 30.3 Å². The quantitative estimate of drug-likeness (QED) is 0.366. The molecule has 0 fully saturated rings. The molecule has 186 valence electrons. The summed E-state index contributed by atoms with van der Waals surface area (Å²) in [6, 6.07) is 18.2. The molecule has 0 unspecified atom stereocenters. The van der Waals surface area contributed by atoms with Crippen molar-refractivity contribution in [3.8, 4) is 11.3 Å². The van der Waals surface area contributed by atoms with Gasteiger partial charge in [0.1, 0.15) is 11.5 Å². The summed E-state index contributed by atoms with van der Waals surface area (Å²) in [6.45, 7) is 3.65. The molecule has 0 bridgehead atoms. The number of thiazole rings is 1. The Hall–Kier alpha value is -4.50. The Morgan fingerprint density at radius 3 is 2.57 bits per heavy atom. The number of carboxylic acids is 1. The molecule has 3 heterocycles. The minimum absolute atomic E-state index is 0.00704. The second kappa shape index (κ2) is 9.87. The van der Waals surface area contributed by atoms with Gasteiger partial charge in [-0.2, -0.15) is 0 Å². The third kappa shape index (κ3) is 4.45. The van der Waals surface area contributed by atoms with Crippen molar-refractivity contribution in [3.05, 3.63) is 115 Å². The zero-order chi connectivity index (χ0) is 26.1. The number of ether oxygens (including phenoxy) is 1. The maximum atomic E-state index is 13.6. The number of fused-ring (bicyclic) bond motifs is 1. The molecule has 0 aliphatic carbocycles. The van der Waals surface area contributed by atoms with Gasteiger partial charge in [0.15, 0.2) is 4.80 Å². The van der Waals surface area contributed by atoms with Crippen LogP contribution < -0.4 is 20.0 Å². The summed E-state index contributed by atoms with van der Waals surface area (Å²) in [5, 5.41) is 11.5. The van der Waals surface area contributed by atoms with Crippen molar-refractivity contribution in [1.29, 1.82) is 0 Å². The van der Waals surface area contributed by atoms with Gasteiger partial charge in [-0.25, -0.2) is 9.79 Å². The molecule has 1 aliphatic heterocycles. The average molecular weight is 514 g/mol. The van der Waals surface area contributed by atoms with Gasteiger partial charge in [0.25, 0.3) is 5.56 Å². The standard InChI is InChI=1S/C28H22N2O6S/c1-3-35-27(34)23-16(2)29-28-30(24(23)17-9-5-4-6-10-17)25(31)22(37-28)15-18-13-14-21(36-18)19-11-7-8-12-20(19)26(32)33/h4-15,24H,3H2,1-2H3,(H,32,33)/p-1/b22-15-/t24-/m0/s1. The summed E-state index contributed by atoms with van der Waals surface area (Å²) in [5.74, 6) is -1.13. The maximum absolute atomic E-state index is 13.6. The first kappa shape index (κ1) is 24.2. The first-order valence-electron chi connectivity index (χ1n) is 11.5. The van der Waals surface area contributed by atoms with Crippen LogP contribution >= 0.6 is 11.3 Å². The van der Waals surface area contributed by atoms with Gasteiger partial charge in [-0.15, -0.1) is 0 Å². The molecule has 5 rings (SSSR count). The van der Waals surface area contributed by atoms with Gasteiger partial charge in [-0.1, -0.05) is 65.9 Å². The Balaban J connectivity index is 1.63. The lowest BCUT2D eigenvalue weighted by Crippen LogP contribution is -2.39. The Labute approximate surface area is 215 Å². The first-order valence-corrected chi connectivity index (χ1v) is 12.4. The van der Waals surface area contributed by atoms with E-state index in [9.17, 15) is 19.5 Å². The number of esters is 1. The molecule has 2 aromatic carbocycles. The molecule has 8 nitrogen and oxygen atoms in total. The number of aromatic nitrogens is 1. The lowest BCUT2D eigenvalue weighted by Gasteiger charge is -2.24. The third-order valence-electron chi connectivity index (χ3n) is 5.94. The van der Waals surface area contributed by atoms with Crippen LogP contribution in [0, 0.1) is 0 Å². The number of carbonyl (C=O) groups excluding carboxylic acids is 2. The van der Waals surface area contributed by atoms with Crippen molar-refractivity contribution >= 4 is 29.4 Å². The van der Waals surface area contributed by atoms with E-state index in [2.05, 4.69) is 4.99 Å². The highest BCUT2D eigenvalue weighted by atomic mass is 32.1. The lowest BCUT2D eigenvalue weighted by atomic mass is 9.96. The Morgan fingerprint density at radius 1 is 1.11 bits per heavy atom. The van der Waals surface area contributed by atoms with E-state index < -0.39 is 18.0 Å². The van der Waals surface area contributed by atoms with Crippen molar-refractivity contribution < 1.29 is 23.8 Å². The minimum atomic E-state index is -1.31. The summed E-state index contributed by atoms with van der Waals surface area (Å²) >= 11 is 1.18. The minimum Gasteiger partial charge on any atom is -0.545 e. The number of furan rings is 1. The van der Waals surface area contributed by atoms with Gasteiger partial charge in [0, 0.05) is 17.2 Å². The fourth-order valence-corrected chi connectivity index (χ4v) is 5.35. The van der Waals surface area contributed by atoms with Crippen molar-refractivity contribution in [2.45, 2.75) is 19.9 Å². The highest BCUT2D eigenvalue weighted by Gasteiger charge is 2.33.